The third-order valence-corrected chi connectivity index (χ3v) is 4.81. The van der Waals surface area contributed by atoms with Crippen LogP contribution in [0.25, 0.3) is 22.2 Å². The minimum absolute atomic E-state index is 0.0830. The maximum Gasteiger partial charge on any atom is 0.419 e. The van der Waals surface area contributed by atoms with Crippen LogP contribution in [0.4, 0.5) is 30.8 Å². The number of rotatable bonds is 5. The van der Waals surface area contributed by atoms with Crippen molar-refractivity contribution in [2.24, 2.45) is 0 Å². The summed E-state index contributed by atoms with van der Waals surface area (Å²) in [4.78, 5) is 22.7. The topological polar surface area (TPSA) is 80.5 Å². The first-order valence-electron chi connectivity index (χ1n) is 9.88. The Hall–Kier alpha value is -4.01. The molecule has 0 radical (unpaired) electrons. The van der Waals surface area contributed by atoms with Crippen molar-refractivity contribution in [3.05, 3.63) is 66.1 Å². The van der Waals surface area contributed by atoms with Gasteiger partial charge >= 0.3 is 6.09 Å². The molecule has 164 valence electrons. The van der Waals surface area contributed by atoms with E-state index in [2.05, 4.69) is 15.3 Å². The van der Waals surface area contributed by atoms with E-state index in [1.165, 1.54) is 6.07 Å². The van der Waals surface area contributed by atoms with E-state index in [9.17, 15) is 13.6 Å². The number of nitrogens with zero attached hydrogens (tertiary/aromatic N) is 3. The molecule has 0 fully saturated rings. The fourth-order valence-corrected chi connectivity index (χ4v) is 3.44. The lowest BCUT2D eigenvalue weighted by Crippen LogP contribution is -2.27. The van der Waals surface area contributed by atoms with E-state index in [4.69, 9.17) is 9.15 Å². The molecule has 0 aliphatic heterocycles. The standard InChI is InChI=1S/C23H20F2N4O3/c1-4-31-23(30)29(15-5-6-17(24)18(25)12-15)20-16-8-10-28-19(21(16)32-22(20)26-3)14-7-9-27-13(2)11-14/h5-12,26H,4H2,1-3H3. The summed E-state index contributed by atoms with van der Waals surface area (Å²) in [5, 5.41) is 3.46. The number of aryl methyl sites for hydroxylation is 1. The number of pyridine rings is 2. The zero-order valence-corrected chi connectivity index (χ0v) is 17.6. The van der Waals surface area contributed by atoms with E-state index in [1.807, 2.05) is 13.0 Å². The van der Waals surface area contributed by atoms with Gasteiger partial charge < -0.3 is 14.5 Å². The molecule has 0 aliphatic rings. The van der Waals surface area contributed by atoms with Gasteiger partial charge in [-0.1, -0.05) is 0 Å². The Morgan fingerprint density at radius 3 is 2.59 bits per heavy atom. The molecule has 32 heavy (non-hydrogen) atoms. The zero-order valence-electron chi connectivity index (χ0n) is 17.6. The predicted octanol–water partition coefficient (Wildman–Crippen LogP) is 5.81. The number of ether oxygens (including phenoxy) is 1. The number of carbonyl (C=O) groups is 1. The van der Waals surface area contributed by atoms with Crippen LogP contribution in [0.1, 0.15) is 12.6 Å². The first kappa shape index (κ1) is 21.2. The Morgan fingerprint density at radius 2 is 1.91 bits per heavy atom. The van der Waals surface area contributed by atoms with Gasteiger partial charge in [0.15, 0.2) is 17.2 Å². The third kappa shape index (κ3) is 3.73. The molecule has 0 saturated heterocycles. The number of amides is 1. The molecule has 0 bridgehead atoms. The van der Waals surface area contributed by atoms with Crippen LogP contribution < -0.4 is 10.2 Å². The van der Waals surface area contributed by atoms with E-state index in [0.29, 0.717) is 22.4 Å². The summed E-state index contributed by atoms with van der Waals surface area (Å²) in [5.41, 5.74) is 2.92. The van der Waals surface area contributed by atoms with Crippen LogP contribution in [0.5, 0.6) is 0 Å². The van der Waals surface area contributed by atoms with Crippen molar-refractivity contribution in [2.75, 3.05) is 23.9 Å². The van der Waals surface area contributed by atoms with E-state index in [1.54, 1.807) is 38.5 Å². The highest BCUT2D eigenvalue weighted by atomic mass is 19.2. The largest absolute Gasteiger partial charge is 0.449 e. The van der Waals surface area contributed by atoms with Gasteiger partial charge in [-0.05, 0) is 44.2 Å². The Balaban J connectivity index is 1.98. The van der Waals surface area contributed by atoms with Gasteiger partial charge in [-0.2, -0.15) is 0 Å². The van der Waals surface area contributed by atoms with Crippen molar-refractivity contribution in [2.45, 2.75) is 13.8 Å². The summed E-state index contributed by atoms with van der Waals surface area (Å²) in [5.74, 6) is -1.88. The van der Waals surface area contributed by atoms with Crippen LogP contribution in [0.15, 0.2) is 53.2 Å². The van der Waals surface area contributed by atoms with Crippen molar-refractivity contribution < 1.29 is 22.7 Å². The fraction of sp³-hybridized carbons (Fsp3) is 0.174. The summed E-state index contributed by atoms with van der Waals surface area (Å²) in [7, 11) is 1.62. The highest BCUT2D eigenvalue weighted by Gasteiger charge is 2.29. The second-order valence-electron chi connectivity index (χ2n) is 6.88. The molecule has 0 atom stereocenters. The fourth-order valence-electron chi connectivity index (χ4n) is 3.44. The number of anilines is 3. The van der Waals surface area contributed by atoms with E-state index in [0.717, 1.165) is 28.3 Å². The molecule has 7 nitrogen and oxygen atoms in total. The number of furan rings is 1. The van der Waals surface area contributed by atoms with Crippen LogP contribution in [-0.2, 0) is 4.74 Å². The average molecular weight is 438 g/mol. The first-order valence-corrected chi connectivity index (χ1v) is 9.88. The summed E-state index contributed by atoms with van der Waals surface area (Å²) < 4.78 is 38.9. The van der Waals surface area contributed by atoms with Gasteiger partial charge in [0.2, 0.25) is 5.88 Å². The van der Waals surface area contributed by atoms with E-state index >= 15 is 0 Å². The minimum Gasteiger partial charge on any atom is -0.449 e. The number of carbonyl (C=O) groups excluding carboxylic acids is 1. The summed E-state index contributed by atoms with van der Waals surface area (Å²) in [6, 6.07) is 8.51. The third-order valence-electron chi connectivity index (χ3n) is 4.81. The van der Waals surface area contributed by atoms with Gasteiger partial charge in [-0.25, -0.2) is 18.5 Å². The maximum atomic E-state index is 14.0. The molecule has 1 aromatic carbocycles. The van der Waals surface area contributed by atoms with Gasteiger partial charge in [0.25, 0.3) is 0 Å². The van der Waals surface area contributed by atoms with Crippen LogP contribution in [0.2, 0.25) is 0 Å². The molecule has 4 aromatic rings. The molecule has 9 heteroatoms. The van der Waals surface area contributed by atoms with Crippen molar-refractivity contribution in [1.82, 2.24) is 9.97 Å². The number of nitrogens with one attached hydrogen (secondary N) is 1. The molecule has 0 saturated carbocycles. The number of fused-ring (bicyclic) bond motifs is 1. The lowest BCUT2D eigenvalue weighted by atomic mass is 10.1. The van der Waals surface area contributed by atoms with Gasteiger partial charge in [-0.3, -0.25) is 9.97 Å². The highest BCUT2D eigenvalue weighted by molar-refractivity contribution is 6.11. The van der Waals surface area contributed by atoms with Crippen LogP contribution in [-0.4, -0.2) is 29.7 Å². The van der Waals surface area contributed by atoms with Gasteiger partial charge in [-0.15, -0.1) is 0 Å². The maximum absolute atomic E-state index is 14.0. The number of aromatic nitrogens is 2. The van der Waals surface area contributed by atoms with Crippen LogP contribution >= 0.6 is 0 Å². The first-order chi connectivity index (χ1) is 15.4. The quantitative estimate of drug-likeness (QED) is 0.423. The molecule has 1 N–H and O–H groups in total. The highest BCUT2D eigenvalue weighted by Crippen LogP contribution is 2.44. The van der Waals surface area contributed by atoms with Crippen LogP contribution in [0.3, 0.4) is 0 Å². The van der Waals surface area contributed by atoms with E-state index < -0.39 is 17.7 Å². The monoisotopic (exact) mass is 438 g/mol. The minimum atomic E-state index is -1.09. The number of hydrogen-bond acceptors (Lipinski definition) is 6. The Morgan fingerprint density at radius 1 is 1.12 bits per heavy atom. The lowest BCUT2D eigenvalue weighted by Gasteiger charge is -2.22. The predicted molar refractivity (Wildman–Crippen MR) is 117 cm³/mol. The lowest BCUT2D eigenvalue weighted by molar-refractivity contribution is 0.162. The Bertz CT molecular complexity index is 1310. The van der Waals surface area contributed by atoms with Crippen molar-refractivity contribution in [1.29, 1.82) is 0 Å². The van der Waals surface area contributed by atoms with Gasteiger partial charge in [0, 0.05) is 36.8 Å². The molecule has 0 aliphatic carbocycles. The van der Waals surface area contributed by atoms with Crippen molar-refractivity contribution >= 4 is 34.3 Å². The number of benzene rings is 1. The molecule has 0 unspecified atom stereocenters. The summed E-state index contributed by atoms with van der Waals surface area (Å²) in [6.45, 7) is 3.61. The normalized spacial score (nSPS) is 10.9. The number of halogens is 2. The Kier molecular flexibility index (Phi) is 5.72. The van der Waals surface area contributed by atoms with Crippen molar-refractivity contribution in [3.8, 4) is 11.3 Å². The SMILES string of the molecule is CCOC(=O)N(c1ccc(F)c(F)c1)c1c(NC)oc2c(-c3ccnc(C)c3)nccc12. The number of hydrogen-bond donors (Lipinski definition) is 1. The molecule has 3 aromatic heterocycles. The Labute approximate surface area is 182 Å². The summed E-state index contributed by atoms with van der Waals surface area (Å²) >= 11 is 0. The molecule has 3 heterocycles. The molecular formula is C23H20F2N4O3. The van der Waals surface area contributed by atoms with Crippen LogP contribution in [0, 0.1) is 18.6 Å². The zero-order chi connectivity index (χ0) is 22.8. The second kappa shape index (κ2) is 8.62. The van der Waals surface area contributed by atoms with Crippen molar-refractivity contribution in [3.63, 3.8) is 0 Å². The van der Waals surface area contributed by atoms with Gasteiger partial charge in [0.1, 0.15) is 11.4 Å². The second-order valence-corrected chi connectivity index (χ2v) is 6.88. The molecule has 0 spiro atoms. The molecule has 1 amide bonds. The average Bonchev–Trinajstić information content (AvgIpc) is 3.15. The molecule has 4 rings (SSSR count). The summed E-state index contributed by atoms with van der Waals surface area (Å²) in [6.07, 6.45) is 2.48. The molecular weight excluding hydrogens is 418 g/mol. The van der Waals surface area contributed by atoms with E-state index in [-0.39, 0.29) is 18.2 Å². The van der Waals surface area contributed by atoms with Gasteiger partial charge in [0.05, 0.1) is 17.7 Å². The smallest absolute Gasteiger partial charge is 0.419 e.